The van der Waals surface area contributed by atoms with E-state index in [2.05, 4.69) is 50.4 Å². The molecular formula is C16H27NO2. The quantitative estimate of drug-likeness (QED) is 0.675. The summed E-state index contributed by atoms with van der Waals surface area (Å²) < 4.78 is 5.22. The second-order valence-electron chi connectivity index (χ2n) is 5.19. The molecule has 0 saturated carbocycles. The first kappa shape index (κ1) is 16.2. The van der Waals surface area contributed by atoms with Crippen LogP contribution < -0.4 is 5.32 Å². The highest BCUT2D eigenvalue weighted by Gasteiger charge is 2.05. The van der Waals surface area contributed by atoms with Gasteiger partial charge >= 0.3 is 0 Å². The minimum Gasteiger partial charge on any atom is -0.394 e. The summed E-state index contributed by atoms with van der Waals surface area (Å²) in [7, 11) is 0. The number of nitrogens with one attached hydrogen (secondary N) is 1. The predicted molar refractivity (Wildman–Crippen MR) is 79.5 cm³/mol. The summed E-state index contributed by atoms with van der Waals surface area (Å²) in [4.78, 5) is 0. The van der Waals surface area contributed by atoms with E-state index in [9.17, 15) is 0 Å². The van der Waals surface area contributed by atoms with Crippen LogP contribution in [0, 0.1) is 0 Å². The highest BCUT2D eigenvalue weighted by Crippen LogP contribution is 2.18. The topological polar surface area (TPSA) is 41.5 Å². The third-order valence-electron chi connectivity index (χ3n) is 3.25. The van der Waals surface area contributed by atoms with Crippen LogP contribution in [0.15, 0.2) is 24.3 Å². The average Bonchev–Trinajstić information content (AvgIpc) is 2.42. The van der Waals surface area contributed by atoms with Crippen LogP contribution in [-0.2, 0) is 4.74 Å². The zero-order chi connectivity index (χ0) is 14.1. The number of hydrogen-bond acceptors (Lipinski definition) is 3. The van der Waals surface area contributed by atoms with Crippen LogP contribution in [0.5, 0.6) is 0 Å². The van der Waals surface area contributed by atoms with Gasteiger partial charge in [0.2, 0.25) is 0 Å². The van der Waals surface area contributed by atoms with Crippen molar-refractivity contribution >= 4 is 0 Å². The van der Waals surface area contributed by atoms with Crippen LogP contribution >= 0.6 is 0 Å². The van der Waals surface area contributed by atoms with Crippen LogP contribution in [0.2, 0.25) is 0 Å². The van der Waals surface area contributed by atoms with E-state index in [1.807, 2.05) is 0 Å². The molecule has 0 fully saturated rings. The average molecular weight is 265 g/mol. The van der Waals surface area contributed by atoms with E-state index in [4.69, 9.17) is 9.84 Å². The second kappa shape index (κ2) is 9.08. The van der Waals surface area contributed by atoms with Gasteiger partial charge in [0, 0.05) is 12.6 Å². The molecule has 3 heteroatoms. The number of ether oxygens (including phenoxy) is 1. The molecule has 0 aliphatic carbocycles. The van der Waals surface area contributed by atoms with Gasteiger partial charge in [0.1, 0.15) is 0 Å². The summed E-state index contributed by atoms with van der Waals surface area (Å²) in [6.07, 6.45) is 0.967. The van der Waals surface area contributed by atoms with Crippen molar-refractivity contribution < 1.29 is 9.84 Å². The van der Waals surface area contributed by atoms with Crippen LogP contribution in [0.3, 0.4) is 0 Å². The molecule has 19 heavy (non-hydrogen) atoms. The molecule has 1 rings (SSSR count). The molecule has 1 atom stereocenters. The SMILES string of the molecule is CC(C)c1ccc(C(C)NCCCOCCO)cc1. The number of rotatable bonds is 9. The monoisotopic (exact) mass is 265 g/mol. The molecule has 1 aromatic rings. The Morgan fingerprint density at radius 2 is 1.68 bits per heavy atom. The molecule has 0 spiro atoms. The lowest BCUT2D eigenvalue weighted by atomic mass is 9.99. The van der Waals surface area contributed by atoms with E-state index in [0.29, 0.717) is 25.2 Å². The maximum absolute atomic E-state index is 8.58. The molecule has 1 aromatic carbocycles. The molecule has 2 N–H and O–H groups in total. The number of aliphatic hydroxyl groups is 1. The molecule has 0 saturated heterocycles. The van der Waals surface area contributed by atoms with Gasteiger partial charge in [0.05, 0.1) is 13.2 Å². The summed E-state index contributed by atoms with van der Waals surface area (Å²) >= 11 is 0. The summed E-state index contributed by atoms with van der Waals surface area (Å²) in [5, 5.41) is 12.1. The van der Waals surface area contributed by atoms with Crippen molar-refractivity contribution in [1.29, 1.82) is 0 Å². The van der Waals surface area contributed by atoms with Crippen molar-refractivity contribution in [3.63, 3.8) is 0 Å². The third-order valence-corrected chi connectivity index (χ3v) is 3.25. The second-order valence-corrected chi connectivity index (χ2v) is 5.19. The highest BCUT2D eigenvalue weighted by molar-refractivity contribution is 5.26. The summed E-state index contributed by atoms with van der Waals surface area (Å²) in [5.41, 5.74) is 2.70. The fraction of sp³-hybridized carbons (Fsp3) is 0.625. The molecule has 0 aromatic heterocycles. The van der Waals surface area contributed by atoms with Gasteiger partial charge in [0.15, 0.2) is 0 Å². The molecular weight excluding hydrogens is 238 g/mol. The number of aliphatic hydroxyl groups excluding tert-OH is 1. The van der Waals surface area contributed by atoms with Gasteiger partial charge < -0.3 is 15.2 Å². The number of hydrogen-bond donors (Lipinski definition) is 2. The molecule has 0 aliphatic rings. The standard InChI is InChI=1S/C16H27NO2/c1-13(2)15-5-7-16(8-6-15)14(3)17-9-4-11-19-12-10-18/h5-8,13-14,17-18H,4,9-12H2,1-3H3. The molecule has 0 heterocycles. The van der Waals surface area contributed by atoms with Gasteiger partial charge in [-0.25, -0.2) is 0 Å². The maximum Gasteiger partial charge on any atom is 0.0697 e. The lowest BCUT2D eigenvalue weighted by molar-refractivity contribution is 0.0904. The zero-order valence-corrected chi connectivity index (χ0v) is 12.4. The minimum absolute atomic E-state index is 0.103. The maximum atomic E-state index is 8.58. The van der Waals surface area contributed by atoms with Gasteiger partial charge in [-0.15, -0.1) is 0 Å². The molecule has 1 unspecified atom stereocenters. The van der Waals surface area contributed by atoms with E-state index in [1.54, 1.807) is 0 Å². The van der Waals surface area contributed by atoms with Gasteiger partial charge in [-0.05, 0) is 36.9 Å². The fourth-order valence-electron chi connectivity index (χ4n) is 1.95. The Bertz CT molecular complexity index is 335. The van der Waals surface area contributed by atoms with Gasteiger partial charge in [0.25, 0.3) is 0 Å². The lowest BCUT2D eigenvalue weighted by Gasteiger charge is -2.15. The summed E-state index contributed by atoms with van der Waals surface area (Å²) in [6, 6.07) is 9.19. The Morgan fingerprint density at radius 3 is 2.26 bits per heavy atom. The Labute approximate surface area is 117 Å². The molecule has 108 valence electrons. The third kappa shape index (κ3) is 6.19. The van der Waals surface area contributed by atoms with Crippen LogP contribution in [-0.4, -0.2) is 31.5 Å². The van der Waals surface area contributed by atoms with Gasteiger partial charge in [-0.3, -0.25) is 0 Å². The lowest BCUT2D eigenvalue weighted by Crippen LogP contribution is -2.21. The van der Waals surface area contributed by atoms with Gasteiger partial charge in [-0.2, -0.15) is 0 Å². The van der Waals surface area contributed by atoms with Crippen molar-refractivity contribution in [1.82, 2.24) is 5.32 Å². The fourth-order valence-corrected chi connectivity index (χ4v) is 1.95. The van der Waals surface area contributed by atoms with E-state index in [0.717, 1.165) is 13.0 Å². The minimum atomic E-state index is 0.103. The van der Waals surface area contributed by atoms with Crippen molar-refractivity contribution in [3.8, 4) is 0 Å². The van der Waals surface area contributed by atoms with Crippen LogP contribution in [0.1, 0.15) is 50.3 Å². The van der Waals surface area contributed by atoms with Gasteiger partial charge in [-0.1, -0.05) is 38.1 Å². The first-order valence-corrected chi connectivity index (χ1v) is 7.17. The van der Waals surface area contributed by atoms with E-state index < -0.39 is 0 Å². The normalized spacial score (nSPS) is 12.9. The number of benzene rings is 1. The van der Waals surface area contributed by atoms with E-state index in [1.165, 1.54) is 11.1 Å². The Kier molecular flexibility index (Phi) is 7.72. The molecule has 0 amide bonds. The highest BCUT2D eigenvalue weighted by atomic mass is 16.5. The summed E-state index contributed by atoms with van der Waals surface area (Å²) in [6.45, 7) is 8.77. The Balaban J connectivity index is 2.27. The van der Waals surface area contributed by atoms with Crippen LogP contribution in [0.4, 0.5) is 0 Å². The zero-order valence-electron chi connectivity index (χ0n) is 12.4. The summed E-state index contributed by atoms with van der Waals surface area (Å²) in [5.74, 6) is 0.584. The van der Waals surface area contributed by atoms with Crippen molar-refractivity contribution in [2.75, 3.05) is 26.4 Å². The Hall–Kier alpha value is -0.900. The molecule has 0 aliphatic heterocycles. The largest absolute Gasteiger partial charge is 0.394 e. The molecule has 0 radical (unpaired) electrons. The first-order chi connectivity index (χ1) is 9.15. The van der Waals surface area contributed by atoms with E-state index >= 15 is 0 Å². The van der Waals surface area contributed by atoms with Crippen LogP contribution in [0.25, 0.3) is 0 Å². The predicted octanol–water partition coefficient (Wildman–Crippen LogP) is 2.86. The Morgan fingerprint density at radius 1 is 1.05 bits per heavy atom. The van der Waals surface area contributed by atoms with E-state index in [-0.39, 0.29) is 6.61 Å². The molecule has 3 nitrogen and oxygen atoms in total. The van der Waals surface area contributed by atoms with Crippen molar-refractivity contribution in [3.05, 3.63) is 35.4 Å². The first-order valence-electron chi connectivity index (χ1n) is 7.17. The smallest absolute Gasteiger partial charge is 0.0697 e. The van der Waals surface area contributed by atoms with Crippen molar-refractivity contribution in [2.45, 2.75) is 39.2 Å². The molecule has 0 bridgehead atoms. The van der Waals surface area contributed by atoms with Crippen molar-refractivity contribution in [2.24, 2.45) is 0 Å².